The van der Waals surface area contributed by atoms with Crippen molar-refractivity contribution in [3.05, 3.63) is 18.0 Å². The predicted octanol–water partition coefficient (Wildman–Crippen LogP) is 2.32. The number of hydrogen-bond acceptors (Lipinski definition) is 8. The summed E-state index contributed by atoms with van der Waals surface area (Å²) in [6, 6.07) is 2.20. The maximum atomic E-state index is 12.5. The molecule has 1 N–H and O–H groups in total. The number of rotatable bonds is 6. The molecule has 2 aliphatic heterocycles. The topological polar surface area (TPSA) is 101 Å². The van der Waals surface area contributed by atoms with E-state index in [1.165, 1.54) is 0 Å². The zero-order valence-electron chi connectivity index (χ0n) is 19.3. The van der Waals surface area contributed by atoms with Gasteiger partial charge in [-0.2, -0.15) is 0 Å². The van der Waals surface area contributed by atoms with Crippen LogP contribution >= 0.6 is 0 Å². The van der Waals surface area contributed by atoms with Crippen LogP contribution in [0.5, 0.6) is 0 Å². The summed E-state index contributed by atoms with van der Waals surface area (Å²) in [6.45, 7) is 5.14. The lowest BCUT2D eigenvalue weighted by atomic mass is 9.62. The molecular formula is C23H32N6O3S. The average molecular weight is 473 g/mol. The molecule has 2 saturated carbocycles. The van der Waals surface area contributed by atoms with E-state index in [1.807, 2.05) is 19.2 Å². The van der Waals surface area contributed by atoms with Gasteiger partial charge in [-0.25, -0.2) is 27.7 Å². The van der Waals surface area contributed by atoms with Crippen LogP contribution in [-0.2, 0) is 14.8 Å². The largest absolute Gasteiger partial charge is 0.381 e. The maximum absolute atomic E-state index is 12.5. The fraction of sp³-hybridized carbons (Fsp3) is 0.696. The monoisotopic (exact) mass is 472 g/mol. The molecule has 178 valence electrons. The van der Waals surface area contributed by atoms with Gasteiger partial charge in [0.2, 0.25) is 16.0 Å². The number of fused-ring (bicyclic) bond motifs is 1. The molecule has 0 aromatic carbocycles. The Bertz CT molecular complexity index is 1160. The van der Waals surface area contributed by atoms with Gasteiger partial charge >= 0.3 is 0 Å². The molecule has 0 atom stereocenters. The van der Waals surface area contributed by atoms with Crippen molar-refractivity contribution in [3.63, 3.8) is 0 Å². The van der Waals surface area contributed by atoms with E-state index in [0.717, 1.165) is 74.0 Å². The van der Waals surface area contributed by atoms with Gasteiger partial charge < -0.3 is 15.0 Å². The lowest BCUT2D eigenvalue weighted by molar-refractivity contribution is -0.0732. The fourth-order valence-corrected chi connectivity index (χ4v) is 7.57. The van der Waals surface area contributed by atoms with Crippen LogP contribution in [0.2, 0.25) is 0 Å². The van der Waals surface area contributed by atoms with Crippen molar-refractivity contribution in [2.45, 2.75) is 62.8 Å². The van der Waals surface area contributed by atoms with E-state index in [1.54, 1.807) is 11.4 Å². The summed E-state index contributed by atoms with van der Waals surface area (Å²) in [4.78, 5) is 16.6. The van der Waals surface area contributed by atoms with Crippen molar-refractivity contribution in [1.29, 1.82) is 0 Å². The first-order valence-electron chi connectivity index (χ1n) is 12.0. The smallest absolute Gasteiger partial charge is 0.223 e. The van der Waals surface area contributed by atoms with E-state index in [0.29, 0.717) is 30.6 Å². The zero-order valence-corrected chi connectivity index (χ0v) is 20.1. The Morgan fingerprint density at radius 1 is 1.12 bits per heavy atom. The first kappa shape index (κ1) is 21.5. The number of nitrogens with one attached hydrogen (secondary N) is 1. The summed E-state index contributed by atoms with van der Waals surface area (Å²) >= 11 is 0. The highest BCUT2D eigenvalue weighted by molar-refractivity contribution is 7.90. The van der Waals surface area contributed by atoms with Gasteiger partial charge in [-0.3, -0.25) is 0 Å². The molecule has 2 aromatic heterocycles. The fourth-order valence-electron chi connectivity index (χ4n) is 5.70. The Morgan fingerprint density at radius 3 is 2.52 bits per heavy atom. The zero-order chi connectivity index (χ0) is 22.8. The van der Waals surface area contributed by atoms with E-state index in [4.69, 9.17) is 14.7 Å². The normalized spacial score (nSPS) is 24.1. The van der Waals surface area contributed by atoms with Gasteiger partial charge in [0, 0.05) is 62.0 Å². The summed E-state index contributed by atoms with van der Waals surface area (Å²) < 4.78 is 32.1. The highest BCUT2D eigenvalue weighted by Crippen LogP contribution is 2.51. The summed E-state index contributed by atoms with van der Waals surface area (Å²) in [5.74, 6) is 1.53. The van der Waals surface area contributed by atoms with Crippen LogP contribution < -0.4 is 10.2 Å². The lowest BCUT2D eigenvalue weighted by Crippen LogP contribution is -2.64. The number of hydrogen-bond donors (Lipinski definition) is 1. The van der Waals surface area contributed by atoms with E-state index in [-0.39, 0.29) is 11.3 Å². The Hall–Kier alpha value is -2.04. The van der Waals surface area contributed by atoms with Crippen LogP contribution in [0.25, 0.3) is 10.9 Å². The Balaban J connectivity index is 1.15. The minimum absolute atomic E-state index is 0.138. The van der Waals surface area contributed by atoms with Gasteiger partial charge in [0.05, 0.1) is 11.4 Å². The third kappa shape index (κ3) is 3.85. The van der Waals surface area contributed by atoms with Crippen molar-refractivity contribution in [2.75, 3.05) is 43.5 Å². The molecule has 0 unspecified atom stereocenters. The highest BCUT2D eigenvalue weighted by Gasteiger charge is 2.53. The van der Waals surface area contributed by atoms with Crippen molar-refractivity contribution in [2.24, 2.45) is 5.41 Å². The van der Waals surface area contributed by atoms with Gasteiger partial charge in [0.1, 0.15) is 5.52 Å². The molecular weight excluding hydrogens is 440 g/mol. The number of methoxy groups -OCH3 is 1. The second-order valence-electron chi connectivity index (χ2n) is 10.4. The average Bonchev–Trinajstić information content (AvgIpc) is 3.59. The summed E-state index contributed by atoms with van der Waals surface area (Å²) in [7, 11) is -1.29. The Labute approximate surface area is 195 Å². The Morgan fingerprint density at radius 2 is 1.85 bits per heavy atom. The summed E-state index contributed by atoms with van der Waals surface area (Å²) in [6.07, 6.45) is 7.68. The molecule has 2 saturated heterocycles. The molecule has 6 rings (SSSR count). The van der Waals surface area contributed by atoms with E-state index in [2.05, 4.69) is 15.2 Å². The number of sulfonamides is 1. The number of pyridine rings is 1. The molecule has 0 radical (unpaired) electrons. The molecule has 1 spiro atoms. The van der Waals surface area contributed by atoms with Crippen LogP contribution in [0, 0.1) is 12.3 Å². The van der Waals surface area contributed by atoms with Gasteiger partial charge in [0.15, 0.2) is 5.82 Å². The molecule has 4 heterocycles. The summed E-state index contributed by atoms with van der Waals surface area (Å²) in [5, 5.41) is 4.31. The molecule has 0 amide bonds. The minimum Gasteiger partial charge on any atom is -0.381 e. The SMILES string of the molecule is COC1CC2(C1)CN(c1nc(C)cc3cnc(NC4CCN(S(=O)(=O)C5CC5)CC4)nc13)C2. The van der Waals surface area contributed by atoms with Gasteiger partial charge in [-0.15, -0.1) is 0 Å². The summed E-state index contributed by atoms with van der Waals surface area (Å²) in [5.41, 5.74) is 2.22. The number of aryl methyl sites for hydroxylation is 1. The number of ether oxygens (including phenoxy) is 1. The molecule has 9 nitrogen and oxygen atoms in total. The first-order chi connectivity index (χ1) is 15.8. The molecule has 0 bridgehead atoms. The predicted molar refractivity (Wildman–Crippen MR) is 127 cm³/mol. The van der Waals surface area contributed by atoms with Crippen LogP contribution in [0.15, 0.2) is 12.3 Å². The lowest BCUT2D eigenvalue weighted by Gasteiger charge is -2.59. The second-order valence-corrected chi connectivity index (χ2v) is 12.6. The molecule has 4 fully saturated rings. The van der Waals surface area contributed by atoms with Crippen LogP contribution in [0.3, 0.4) is 0 Å². The molecule has 10 heteroatoms. The number of nitrogens with zero attached hydrogens (tertiary/aromatic N) is 5. The van der Waals surface area contributed by atoms with Crippen LogP contribution in [0.1, 0.15) is 44.2 Å². The third-order valence-electron chi connectivity index (χ3n) is 7.77. The molecule has 2 aliphatic carbocycles. The standard InChI is InChI=1S/C23H32N6O3S/c1-15-9-16-12-24-22(26-17-5-7-29(8-6-17)33(30,31)19-3-4-19)27-20(16)21(25-15)28-13-23(14-28)10-18(11-23)32-2/h9,12,17-19H,3-8,10-11,13-14H2,1-2H3,(H,24,26,27). The Kier molecular flexibility index (Phi) is 5.04. The van der Waals surface area contributed by atoms with E-state index >= 15 is 0 Å². The number of anilines is 2. The van der Waals surface area contributed by atoms with E-state index < -0.39 is 10.0 Å². The van der Waals surface area contributed by atoms with Crippen molar-refractivity contribution >= 4 is 32.7 Å². The molecule has 33 heavy (non-hydrogen) atoms. The van der Waals surface area contributed by atoms with Gasteiger partial charge in [-0.1, -0.05) is 0 Å². The van der Waals surface area contributed by atoms with Crippen LogP contribution in [0.4, 0.5) is 11.8 Å². The highest BCUT2D eigenvalue weighted by atomic mass is 32.2. The van der Waals surface area contributed by atoms with Gasteiger partial charge in [-0.05, 0) is 51.5 Å². The van der Waals surface area contributed by atoms with Crippen molar-refractivity contribution in [1.82, 2.24) is 19.3 Å². The quantitative estimate of drug-likeness (QED) is 0.684. The van der Waals surface area contributed by atoms with E-state index in [9.17, 15) is 8.42 Å². The number of piperidine rings is 1. The van der Waals surface area contributed by atoms with Crippen LogP contribution in [-0.4, -0.2) is 78.4 Å². The van der Waals surface area contributed by atoms with Crippen molar-refractivity contribution < 1.29 is 13.2 Å². The third-order valence-corrected chi connectivity index (χ3v) is 10.2. The second kappa shape index (κ2) is 7.74. The van der Waals surface area contributed by atoms with Gasteiger partial charge in [0.25, 0.3) is 0 Å². The first-order valence-corrected chi connectivity index (χ1v) is 13.5. The molecule has 2 aromatic rings. The number of aromatic nitrogens is 3. The van der Waals surface area contributed by atoms with Crippen molar-refractivity contribution in [3.8, 4) is 0 Å². The minimum atomic E-state index is -3.09. The maximum Gasteiger partial charge on any atom is 0.223 e. The molecule has 4 aliphatic rings.